The van der Waals surface area contributed by atoms with Crippen LogP contribution in [0.15, 0.2) is 0 Å². The summed E-state index contributed by atoms with van der Waals surface area (Å²) in [6, 6.07) is 0.316. The van der Waals surface area contributed by atoms with Gasteiger partial charge in [0.2, 0.25) is 0 Å². The number of carbonyl (C=O) groups is 2. The average molecular weight is 199 g/mol. The molecule has 14 heavy (non-hydrogen) atoms. The smallest absolute Gasteiger partial charge is 0.316 e. The van der Waals surface area contributed by atoms with Gasteiger partial charge in [-0.3, -0.25) is 9.59 Å². The Balaban J connectivity index is 2.64. The van der Waals surface area contributed by atoms with E-state index in [-0.39, 0.29) is 11.8 Å². The maximum Gasteiger partial charge on any atom is 0.316 e. The zero-order valence-electron chi connectivity index (χ0n) is 8.95. The van der Waals surface area contributed by atoms with Crippen molar-refractivity contribution in [1.82, 2.24) is 4.90 Å². The minimum Gasteiger partial charge on any atom is -0.468 e. The number of esters is 1. The summed E-state index contributed by atoms with van der Waals surface area (Å²) in [6.45, 7) is 0. The molecule has 2 atom stereocenters. The molecule has 0 saturated heterocycles. The van der Waals surface area contributed by atoms with Crippen LogP contribution in [0.1, 0.15) is 19.3 Å². The molecule has 0 radical (unpaired) electrons. The van der Waals surface area contributed by atoms with Gasteiger partial charge >= 0.3 is 5.97 Å². The van der Waals surface area contributed by atoms with Crippen molar-refractivity contribution in [3.05, 3.63) is 0 Å². The van der Waals surface area contributed by atoms with Crippen molar-refractivity contribution >= 4 is 11.8 Å². The van der Waals surface area contributed by atoms with Crippen molar-refractivity contribution in [2.24, 2.45) is 5.92 Å². The monoisotopic (exact) mass is 199 g/mol. The quantitative estimate of drug-likeness (QED) is 0.479. The van der Waals surface area contributed by atoms with Crippen LogP contribution in [0.5, 0.6) is 0 Å². The van der Waals surface area contributed by atoms with E-state index in [1.807, 2.05) is 14.1 Å². The molecule has 0 aliphatic heterocycles. The molecular weight excluding hydrogens is 182 g/mol. The lowest BCUT2D eigenvalue weighted by Gasteiger charge is -2.31. The Kier molecular flexibility index (Phi) is 3.63. The molecule has 0 aromatic rings. The molecule has 2 unspecified atom stereocenters. The SMILES string of the molecule is COC(=O)C1CC(N(C)C)CCC1=O. The lowest BCUT2D eigenvalue weighted by atomic mass is 9.84. The van der Waals surface area contributed by atoms with Crippen LogP contribution < -0.4 is 0 Å². The second-order valence-electron chi connectivity index (χ2n) is 3.93. The van der Waals surface area contributed by atoms with E-state index in [2.05, 4.69) is 9.64 Å². The number of Topliss-reactive ketones (excluding diaryl/α,β-unsaturated/α-hetero) is 1. The van der Waals surface area contributed by atoms with Gasteiger partial charge < -0.3 is 9.64 Å². The second kappa shape index (κ2) is 4.55. The highest BCUT2D eigenvalue weighted by molar-refractivity contribution is 5.99. The molecule has 0 spiro atoms. The van der Waals surface area contributed by atoms with Crippen LogP contribution in [-0.4, -0.2) is 43.9 Å². The molecule has 80 valence electrons. The third-order valence-electron chi connectivity index (χ3n) is 2.84. The minimum absolute atomic E-state index is 0.0231. The van der Waals surface area contributed by atoms with Crippen LogP contribution in [0, 0.1) is 5.92 Å². The predicted octanol–water partition coefficient (Wildman–Crippen LogP) is 0.459. The van der Waals surface area contributed by atoms with Gasteiger partial charge in [0.25, 0.3) is 0 Å². The first-order valence-corrected chi connectivity index (χ1v) is 4.83. The molecule has 1 aliphatic rings. The molecule has 0 heterocycles. The molecule has 0 amide bonds. The predicted molar refractivity (Wildman–Crippen MR) is 51.8 cm³/mol. The van der Waals surface area contributed by atoms with Crippen LogP contribution >= 0.6 is 0 Å². The van der Waals surface area contributed by atoms with Gasteiger partial charge in [-0.2, -0.15) is 0 Å². The number of ketones is 1. The van der Waals surface area contributed by atoms with Gasteiger partial charge in [0.15, 0.2) is 0 Å². The molecule has 1 fully saturated rings. The number of ether oxygens (including phenoxy) is 1. The zero-order valence-corrected chi connectivity index (χ0v) is 8.95. The normalized spacial score (nSPS) is 27.9. The van der Waals surface area contributed by atoms with Crippen LogP contribution in [-0.2, 0) is 14.3 Å². The Hall–Kier alpha value is -0.900. The Morgan fingerprint density at radius 1 is 1.50 bits per heavy atom. The summed E-state index contributed by atoms with van der Waals surface area (Å²) in [5.74, 6) is -0.905. The number of nitrogens with zero attached hydrogens (tertiary/aromatic N) is 1. The van der Waals surface area contributed by atoms with Gasteiger partial charge in [-0.25, -0.2) is 0 Å². The Morgan fingerprint density at radius 3 is 2.64 bits per heavy atom. The van der Waals surface area contributed by atoms with Crippen molar-refractivity contribution < 1.29 is 14.3 Å². The molecule has 1 rings (SSSR count). The zero-order chi connectivity index (χ0) is 10.7. The first kappa shape index (κ1) is 11.2. The molecule has 1 saturated carbocycles. The second-order valence-corrected chi connectivity index (χ2v) is 3.93. The van der Waals surface area contributed by atoms with E-state index in [1.54, 1.807) is 0 Å². The number of rotatable bonds is 2. The van der Waals surface area contributed by atoms with Crippen LogP contribution in [0.25, 0.3) is 0 Å². The van der Waals surface area contributed by atoms with Crippen LogP contribution in [0.2, 0.25) is 0 Å². The summed E-state index contributed by atoms with van der Waals surface area (Å²) >= 11 is 0. The van der Waals surface area contributed by atoms with Crippen LogP contribution in [0.3, 0.4) is 0 Å². The first-order valence-electron chi connectivity index (χ1n) is 4.83. The van der Waals surface area contributed by atoms with Gasteiger partial charge in [-0.15, -0.1) is 0 Å². The Bertz CT molecular complexity index is 230. The summed E-state index contributed by atoms with van der Waals surface area (Å²) in [5, 5.41) is 0. The third-order valence-corrected chi connectivity index (χ3v) is 2.84. The topological polar surface area (TPSA) is 46.6 Å². The van der Waals surface area contributed by atoms with Crippen molar-refractivity contribution in [1.29, 1.82) is 0 Å². The van der Waals surface area contributed by atoms with Gasteiger partial charge in [0.1, 0.15) is 11.7 Å². The standard InChI is InChI=1S/C10H17NO3/c1-11(2)7-4-5-9(12)8(6-7)10(13)14-3/h7-8H,4-6H2,1-3H3. The van der Waals surface area contributed by atoms with E-state index in [0.29, 0.717) is 18.9 Å². The summed E-state index contributed by atoms with van der Waals surface area (Å²) in [4.78, 5) is 24.8. The van der Waals surface area contributed by atoms with Gasteiger partial charge in [0.05, 0.1) is 7.11 Å². The molecule has 4 nitrogen and oxygen atoms in total. The van der Waals surface area contributed by atoms with Crippen molar-refractivity contribution in [3.63, 3.8) is 0 Å². The lowest BCUT2D eigenvalue weighted by Crippen LogP contribution is -2.40. The fourth-order valence-electron chi connectivity index (χ4n) is 1.84. The first-order chi connectivity index (χ1) is 6.56. The molecule has 0 aromatic heterocycles. The summed E-state index contributed by atoms with van der Waals surface area (Å²) in [7, 11) is 5.26. The molecule has 0 aromatic carbocycles. The van der Waals surface area contributed by atoms with Crippen LogP contribution in [0.4, 0.5) is 0 Å². The van der Waals surface area contributed by atoms with E-state index in [0.717, 1.165) is 6.42 Å². The maximum atomic E-state index is 11.4. The summed E-state index contributed by atoms with van der Waals surface area (Å²) in [5.41, 5.74) is 0. The van der Waals surface area contributed by atoms with Crippen molar-refractivity contribution in [3.8, 4) is 0 Å². The third kappa shape index (κ3) is 2.32. The van der Waals surface area contributed by atoms with E-state index in [4.69, 9.17) is 0 Å². The average Bonchev–Trinajstić information content (AvgIpc) is 2.17. The highest BCUT2D eigenvalue weighted by Gasteiger charge is 2.35. The Morgan fingerprint density at radius 2 is 2.14 bits per heavy atom. The number of methoxy groups -OCH3 is 1. The summed E-state index contributed by atoms with van der Waals surface area (Å²) in [6.07, 6.45) is 1.93. The van der Waals surface area contributed by atoms with Gasteiger partial charge in [-0.1, -0.05) is 0 Å². The maximum absolute atomic E-state index is 11.4. The van der Waals surface area contributed by atoms with E-state index in [9.17, 15) is 9.59 Å². The Labute approximate surface area is 84.2 Å². The summed E-state index contributed by atoms with van der Waals surface area (Å²) < 4.78 is 4.61. The van der Waals surface area contributed by atoms with Crippen molar-refractivity contribution in [2.45, 2.75) is 25.3 Å². The largest absolute Gasteiger partial charge is 0.468 e. The number of carbonyl (C=O) groups excluding carboxylic acids is 2. The molecule has 0 N–H and O–H groups in total. The molecule has 1 aliphatic carbocycles. The van der Waals surface area contributed by atoms with Gasteiger partial charge in [0, 0.05) is 12.5 Å². The fourth-order valence-corrected chi connectivity index (χ4v) is 1.84. The minimum atomic E-state index is -0.541. The molecule has 4 heteroatoms. The number of hydrogen-bond donors (Lipinski definition) is 0. The highest BCUT2D eigenvalue weighted by Crippen LogP contribution is 2.24. The van der Waals surface area contributed by atoms with Gasteiger partial charge in [-0.05, 0) is 26.9 Å². The lowest BCUT2D eigenvalue weighted by molar-refractivity contribution is -0.151. The molecular formula is C10H17NO3. The number of hydrogen-bond acceptors (Lipinski definition) is 4. The fraction of sp³-hybridized carbons (Fsp3) is 0.800. The van der Waals surface area contributed by atoms with E-state index in [1.165, 1.54) is 7.11 Å². The van der Waals surface area contributed by atoms with Crippen molar-refractivity contribution in [2.75, 3.05) is 21.2 Å². The molecule has 0 bridgehead atoms. The van der Waals surface area contributed by atoms with E-state index < -0.39 is 5.92 Å². The highest BCUT2D eigenvalue weighted by atomic mass is 16.5. The van der Waals surface area contributed by atoms with E-state index >= 15 is 0 Å².